The van der Waals surface area contributed by atoms with Gasteiger partial charge in [0, 0.05) is 25.9 Å². The second kappa shape index (κ2) is 7.19. The maximum Gasteiger partial charge on any atom is 0.184 e. The van der Waals surface area contributed by atoms with E-state index < -0.39 is 0 Å². The molecule has 0 aromatic carbocycles. The molecular weight excluding hydrogens is 244 g/mol. The van der Waals surface area contributed by atoms with Crippen LogP contribution >= 0.6 is 0 Å². The van der Waals surface area contributed by atoms with Gasteiger partial charge in [-0.25, -0.2) is 0 Å². The molecule has 2 nitrogen and oxygen atoms in total. The summed E-state index contributed by atoms with van der Waals surface area (Å²) in [6.07, 6.45) is 2.14. The molecule has 0 aromatic heterocycles. The first-order chi connectivity index (χ1) is 8.91. The maximum atomic E-state index is 4.25. The minimum Gasteiger partial charge on any atom is -0.363 e. The molecule has 0 aliphatic rings. The molecule has 0 aliphatic carbocycles. The van der Waals surface area contributed by atoms with E-state index in [9.17, 15) is 0 Å². The van der Waals surface area contributed by atoms with E-state index in [1.54, 1.807) is 0 Å². The number of hydrogen-bond donors (Lipinski definition) is 0. The van der Waals surface area contributed by atoms with Gasteiger partial charge in [0.25, 0.3) is 0 Å². The minimum absolute atomic E-state index is 0.146. The Labute approximate surface area is 127 Å². The molecule has 0 aromatic rings. The van der Waals surface area contributed by atoms with Gasteiger partial charge in [0.2, 0.25) is 0 Å². The van der Waals surface area contributed by atoms with Crippen LogP contribution in [0.5, 0.6) is 0 Å². The molecule has 0 saturated carbocycles. The van der Waals surface area contributed by atoms with E-state index in [-0.39, 0.29) is 10.8 Å². The minimum atomic E-state index is 0.146. The lowest BCUT2D eigenvalue weighted by Crippen LogP contribution is -2.44. The highest BCUT2D eigenvalue weighted by molar-refractivity contribution is 5.17. The van der Waals surface area contributed by atoms with E-state index in [2.05, 4.69) is 91.1 Å². The fourth-order valence-corrected chi connectivity index (χ4v) is 2.64. The third-order valence-electron chi connectivity index (χ3n) is 3.24. The van der Waals surface area contributed by atoms with E-state index in [1.807, 2.05) is 0 Å². The predicted octanol–water partition coefficient (Wildman–Crippen LogP) is 4.39. The number of nitrogens with zero attached hydrogens (tertiary/aromatic N) is 2. The summed E-state index contributed by atoms with van der Waals surface area (Å²) in [4.78, 5) is 0. The molecule has 0 amide bonds. The van der Waals surface area contributed by atoms with Crippen molar-refractivity contribution in [3.05, 3.63) is 13.1 Å². The second-order valence-electron chi connectivity index (χ2n) is 7.97. The van der Waals surface area contributed by atoms with Crippen molar-refractivity contribution in [1.29, 1.82) is 0 Å². The van der Waals surface area contributed by atoms with Gasteiger partial charge in [0.15, 0.2) is 12.1 Å². The van der Waals surface area contributed by atoms with Crippen LogP contribution in [0.3, 0.4) is 0 Å². The molecular formula is C18H36N2. The Bertz CT molecular complexity index is 294. The summed E-state index contributed by atoms with van der Waals surface area (Å²) >= 11 is 0. The fourth-order valence-electron chi connectivity index (χ4n) is 2.64. The van der Waals surface area contributed by atoms with Gasteiger partial charge in [-0.15, -0.1) is 0 Å². The summed E-state index contributed by atoms with van der Waals surface area (Å²) in [5, 5.41) is 0. The van der Waals surface area contributed by atoms with Crippen molar-refractivity contribution >= 4 is 13.4 Å². The van der Waals surface area contributed by atoms with Crippen molar-refractivity contribution in [1.82, 2.24) is 0 Å². The van der Waals surface area contributed by atoms with E-state index in [1.165, 1.54) is 0 Å². The molecule has 0 bridgehead atoms. The first-order valence-electron chi connectivity index (χ1n) is 7.81. The van der Waals surface area contributed by atoms with Gasteiger partial charge in [-0.05, 0) is 24.3 Å². The van der Waals surface area contributed by atoms with Gasteiger partial charge in [0.1, 0.15) is 0 Å². The molecule has 2 unspecified atom stereocenters. The molecule has 0 aliphatic heterocycles. The molecule has 20 heavy (non-hydrogen) atoms. The zero-order valence-corrected chi connectivity index (χ0v) is 15.0. The smallest absolute Gasteiger partial charge is 0.184 e. The van der Waals surface area contributed by atoms with Crippen LogP contribution in [0.15, 0.2) is 0 Å². The Hall–Kier alpha value is -0.920. The highest BCUT2D eigenvalue weighted by atomic mass is 15.1. The van der Waals surface area contributed by atoms with Crippen LogP contribution in [0.25, 0.3) is 0 Å². The largest absolute Gasteiger partial charge is 0.363 e. The van der Waals surface area contributed by atoms with Gasteiger partial charge in [-0.1, -0.05) is 55.4 Å². The van der Waals surface area contributed by atoms with Crippen molar-refractivity contribution in [3.8, 4) is 0 Å². The van der Waals surface area contributed by atoms with Gasteiger partial charge in [0.05, 0.1) is 0 Å². The Morgan fingerprint density at radius 3 is 1.15 bits per heavy atom. The van der Waals surface area contributed by atoms with Crippen LogP contribution in [0.1, 0.15) is 68.2 Å². The van der Waals surface area contributed by atoms with E-state index in [0.29, 0.717) is 12.1 Å². The highest BCUT2D eigenvalue weighted by Gasteiger charge is 2.31. The van der Waals surface area contributed by atoms with E-state index in [4.69, 9.17) is 0 Å². The molecule has 0 fully saturated rings. The molecule has 0 spiro atoms. The van der Waals surface area contributed by atoms with Gasteiger partial charge >= 0.3 is 0 Å². The van der Waals surface area contributed by atoms with Crippen LogP contribution in [0, 0.1) is 23.9 Å². The number of rotatable bonds is 7. The maximum absolute atomic E-state index is 4.25. The highest BCUT2D eigenvalue weighted by Crippen LogP contribution is 2.24. The van der Waals surface area contributed by atoms with Crippen molar-refractivity contribution in [2.75, 3.05) is 0 Å². The van der Waals surface area contributed by atoms with Crippen molar-refractivity contribution in [2.45, 2.75) is 80.3 Å². The quantitative estimate of drug-likeness (QED) is 0.371. The monoisotopic (exact) mass is 280 g/mol. The fraction of sp³-hybridized carbons (Fsp3) is 0.778. The van der Waals surface area contributed by atoms with Crippen LogP contribution in [0.2, 0.25) is 0 Å². The summed E-state index contributed by atoms with van der Waals surface area (Å²) in [6.45, 7) is 30.7. The summed E-state index contributed by atoms with van der Waals surface area (Å²) in [5.74, 6) is 0. The summed E-state index contributed by atoms with van der Waals surface area (Å²) in [6, 6.07) is 0.769. The normalized spacial score (nSPS) is 15.4. The standard InChI is InChI=1S/C18H36N2/c1-11-15(19(9)13-17(3,4)5)16(12-2)20(10)14-18(6,7)8/h13-16H,9-12H2,1-8H3. The van der Waals surface area contributed by atoms with Crippen molar-refractivity contribution < 1.29 is 9.15 Å². The molecule has 0 heterocycles. The van der Waals surface area contributed by atoms with Gasteiger partial charge in [-0.3, -0.25) is 0 Å². The first kappa shape index (κ1) is 19.1. The molecule has 0 radical (unpaired) electrons. The first-order valence-corrected chi connectivity index (χ1v) is 7.81. The zero-order valence-electron chi connectivity index (χ0n) is 15.0. The average Bonchev–Trinajstić information content (AvgIpc) is 2.19. The average molecular weight is 280 g/mol. The molecule has 0 saturated heterocycles. The third kappa shape index (κ3) is 7.02. The van der Waals surface area contributed by atoms with E-state index >= 15 is 0 Å². The van der Waals surface area contributed by atoms with Gasteiger partial charge < -0.3 is 9.15 Å². The molecule has 0 rings (SSSR count). The Balaban J connectivity index is 4.99. The Kier molecular flexibility index (Phi) is 6.86. The molecule has 118 valence electrons. The topological polar surface area (TPSA) is 6.02 Å². The lowest BCUT2D eigenvalue weighted by molar-refractivity contribution is -0.623. The lowest BCUT2D eigenvalue weighted by atomic mass is 9.92. The molecule has 2 atom stereocenters. The van der Waals surface area contributed by atoms with Gasteiger partial charge in [-0.2, -0.15) is 0 Å². The van der Waals surface area contributed by atoms with Crippen LogP contribution in [0.4, 0.5) is 0 Å². The third-order valence-corrected chi connectivity index (χ3v) is 3.24. The molecule has 0 N–H and O–H groups in total. The van der Waals surface area contributed by atoms with Crippen molar-refractivity contribution in [2.24, 2.45) is 10.8 Å². The summed E-state index contributed by atoms with van der Waals surface area (Å²) < 4.78 is 4.28. The Morgan fingerprint density at radius 1 is 0.750 bits per heavy atom. The van der Waals surface area contributed by atoms with Crippen LogP contribution in [-0.2, 0) is 0 Å². The van der Waals surface area contributed by atoms with Crippen LogP contribution < -0.4 is 0 Å². The predicted molar refractivity (Wildman–Crippen MR) is 90.4 cm³/mol. The van der Waals surface area contributed by atoms with Crippen molar-refractivity contribution in [3.63, 3.8) is 0 Å². The number of hydrogen-bond acceptors (Lipinski definition) is 0. The zero-order chi connectivity index (χ0) is 16.1. The van der Waals surface area contributed by atoms with Crippen LogP contribution in [-0.4, -0.2) is 34.7 Å². The van der Waals surface area contributed by atoms with E-state index in [0.717, 1.165) is 12.8 Å². The SMILES string of the molecule is C=[N+]([CH-]C(C)(C)C)C(CC)C(CC)[N+](=C)[CH-]C(C)(C)C. The Morgan fingerprint density at radius 2 is 1.00 bits per heavy atom. The lowest BCUT2D eigenvalue weighted by Gasteiger charge is -2.33. The summed E-state index contributed by atoms with van der Waals surface area (Å²) in [5.41, 5.74) is 0.292. The second-order valence-corrected chi connectivity index (χ2v) is 7.97. The summed E-state index contributed by atoms with van der Waals surface area (Å²) in [7, 11) is 0. The molecule has 2 heteroatoms.